The molecule has 0 unspecified atom stereocenters. The highest BCUT2D eigenvalue weighted by Gasteiger charge is 2.32. The maximum Gasteiger partial charge on any atom is 0.263 e. The van der Waals surface area contributed by atoms with Crippen LogP contribution in [0.2, 0.25) is 0 Å². The fraction of sp³-hybridized carbons (Fsp3) is 0.250. The number of rotatable bonds is 5. The van der Waals surface area contributed by atoms with Gasteiger partial charge in [0.15, 0.2) is 5.65 Å². The fourth-order valence-corrected chi connectivity index (χ4v) is 5.12. The van der Waals surface area contributed by atoms with E-state index in [1.54, 1.807) is 36.3 Å². The van der Waals surface area contributed by atoms with Gasteiger partial charge in [0.05, 0.1) is 24.4 Å². The van der Waals surface area contributed by atoms with E-state index in [4.69, 9.17) is 9.72 Å². The summed E-state index contributed by atoms with van der Waals surface area (Å²) in [5.41, 5.74) is 3.57. The minimum atomic E-state index is -0.151. The van der Waals surface area contributed by atoms with Gasteiger partial charge in [-0.15, -0.1) is 5.10 Å². The first-order valence-electron chi connectivity index (χ1n) is 12.4. The Hall–Kier alpha value is -4.37. The molecule has 1 fully saturated rings. The number of nitrogens with one attached hydrogen (secondary N) is 1. The van der Waals surface area contributed by atoms with Gasteiger partial charge in [0.1, 0.15) is 17.1 Å². The molecular weight excluding hydrogens is 466 g/mol. The van der Waals surface area contributed by atoms with Crippen molar-refractivity contribution >= 4 is 33.7 Å². The smallest absolute Gasteiger partial charge is 0.263 e. The fourth-order valence-electron chi connectivity index (χ4n) is 5.12. The number of benzene rings is 2. The van der Waals surface area contributed by atoms with Gasteiger partial charge in [-0.05, 0) is 67.6 Å². The summed E-state index contributed by atoms with van der Waals surface area (Å²) in [7, 11) is 1.57. The standard InChI is InChI=1S/C28H27N7O2/c1-18-6-3-7-19-12-15-31-27(25(18)19)34(21-8-4-13-29-17-21)28(36)22-11-10-20(16-24(22)37-2)35-26-23(32-33-35)9-5-14-30-26/h3,5-7,9-12,14-16,21,29H,4,8,13,17H2,1-2H3/t21-/m1/s1. The van der Waals surface area contributed by atoms with Crippen molar-refractivity contribution in [1.82, 2.24) is 30.3 Å². The van der Waals surface area contributed by atoms with Crippen LogP contribution in [-0.4, -0.2) is 57.1 Å². The molecule has 1 aliphatic heterocycles. The van der Waals surface area contributed by atoms with Gasteiger partial charge in [-0.3, -0.25) is 9.69 Å². The van der Waals surface area contributed by atoms with Crippen LogP contribution in [0.25, 0.3) is 27.6 Å². The highest BCUT2D eigenvalue weighted by molar-refractivity contribution is 6.12. The number of aromatic nitrogens is 5. The molecule has 0 spiro atoms. The van der Waals surface area contributed by atoms with Crippen molar-refractivity contribution in [3.63, 3.8) is 0 Å². The first-order valence-corrected chi connectivity index (χ1v) is 12.4. The summed E-state index contributed by atoms with van der Waals surface area (Å²) < 4.78 is 7.38. The summed E-state index contributed by atoms with van der Waals surface area (Å²) in [5, 5.41) is 13.9. The third-order valence-electron chi connectivity index (χ3n) is 6.93. The van der Waals surface area contributed by atoms with E-state index in [1.807, 2.05) is 35.2 Å². The van der Waals surface area contributed by atoms with Crippen LogP contribution in [0.4, 0.5) is 5.82 Å². The summed E-state index contributed by atoms with van der Waals surface area (Å²) in [4.78, 5) is 25.3. The van der Waals surface area contributed by atoms with E-state index in [-0.39, 0.29) is 11.9 Å². The largest absolute Gasteiger partial charge is 0.496 e. The quantitative estimate of drug-likeness (QED) is 0.394. The number of nitrogens with zero attached hydrogens (tertiary/aromatic N) is 6. The molecule has 1 amide bonds. The molecule has 2 aromatic carbocycles. The van der Waals surface area contributed by atoms with Crippen molar-refractivity contribution in [2.24, 2.45) is 0 Å². The molecule has 0 radical (unpaired) electrons. The highest BCUT2D eigenvalue weighted by atomic mass is 16.5. The summed E-state index contributed by atoms with van der Waals surface area (Å²) in [6.45, 7) is 3.70. The lowest BCUT2D eigenvalue weighted by Crippen LogP contribution is -2.49. The maximum absolute atomic E-state index is 14.3. The predicted octanol–water partition coefficient (Wildman–Crippen LogP) is 4.08. The molecule has 4 heterocycles. The number of carbonyl (C=O) groups excluding carboxylic acids is 1. The van der Waals surface area contributed by atoms with Crippen molar-refractivity contribution < 1.29 is 9.53 Å². The number of hydrogen-bond acceptors (Lipinski definition) is 7. The van der Waals surface area contributed by atoms with Crippen LogP contribution in [-0.2, 0) is 0 Å². The van der Waals surface area contributed by atoms with Gasteiger partial charge in [0, 0.05) is 30.4 Å². The molecule has 0 bridgehead atoms. The molecule has 37 heavy (non-hydrogen) atoms. The molecule has 6 rings (SSSR count). The van der Waals surface area contributed by atoms with Gasteiger partial charge in [0.25, 0.3) is 5.91 Å². The summed E-state index contributed by atoms with van der Waals surface area (Å²) in [6, 6.07) is 17.2. The minimum Gasteiger partial charge on any atom is -0.496 e. The zero-order chi connectivity index (χ0) is 25.4. The molecule has 9 heteroatoms. The summed E-state index contributed by atoms with van der Waals surface area (Å²) in [5.74, 6) is 0.974. The Balaban J connectivity index is 1.47. The van der Waals surface area contributed by atoms with Crippen molar-refractivity contribution in [3.05, 3.63) is 78.1 Å². The van der Waals surface area contributed by atoms with Crippen molar-refractivity contribution in [2.45, 2.75) is 25.8 Å². The molecule has 1 N–H and O–H groups in total. The van der Waals surface area contributed by atoms with Crippen LogP contribution in [0.1, 0.15) is 28.8 Å². The third kappa shape index (κ3) is 4.07. The zero-order valence-corrected chi connectivity index (χ0v) is 20.8. The van der Waals surface area contributed by atoms with Crippen molar-refractivity contribution in [3.8, 4) is 11.4 Å². The topological polar surface area (TPSA) is 98.1 Å². The minimum absolute atomic E-state index is 0.0354. The number of fused-ring (bicyclic) bond motifs is 2. The number of amides is 1. The predicted molar refractivity (Wildman–Crippen MR) is 142 cm³/mol. The van der Waals surface area contributed by atoms with Crippen LogP contribution >= 0.6 is 0 Å². The second-order valence-corrected chi connectivity index (χ2v) is 9.21. The van der Waals surface area contributed by atoms with Crippen LogP contribution in [0.5, 0.6) is 5.75 Å². The Kier molecular flexibility index (Phi) is 5.97. The molecule has 1 atom stereocenters. The van der Waals surface area contributed by atoms with E-state index < -0.39 is 0 Å². The number of piperidine rings is 1. The Bertz CT molecular complexity index is 1600. The molecule has 9 nitrogen and oxygen atoms in total. The first kappa shape index (κ1) is 23.1. The van der Waals surface area contributed by atoms with Gasteiger partial charge < -0.3 is 10.1 Å². The van der Waals surface area contributed by atoms with Crippen LogP contribution < -0.4 is 15.0 Å². The number of pyridine rings is 2. The van der Waals surface area contributed by atoms with Gasteiger partial charge >= 0.3 is 0 Å². The third-order valence-corrected chi connectivity index (χ3v) is 6.93. The normalized spacial score (nSPS) is 15.7. The van der Waals surface area contributed by atoms with Gasteiger partial charge in [-0.25, -0.2) is 9.97 Å². The molecule has 3 aromatic heterocycles. The van der Waals surface area contributed by atoms with Gasteiger partial charge in [0.2, 0.25) is 0 Å². The number of ether oxygens (including phenoxy) is 1. The number of anilines is 1. The first-order chi connectivity index (χ1) is 18.2. The highest BCUT2D eigenvalue weighted by Crippen LogP contribution is 2.33. The average molecular weight is 494 g/mol. The lowest BCUT2D eigenvalue weighted by molar-refractivity contribution is 0.0969. The van der Waals surface area contributed by atoms with Gasteiger partial charge in [-0.1, -0.05) is 23.4 Å². The molecule has 1 aliphatic rings. The number of methoxy groups -OCH3 is 1. The van der Waals surface area contributed by atoms with Crippen molar-refractivity contribution in [1.29, 1.82) is 0 Å². The zero-order valence-electron chi connectivity index (χ0n) is 20.8. The molecule has 1 saturated heterocycles. The Morgan fingerprint density at radius 3 is 2.86 bits per heavy atom. The lowest BCUT2D eigenvalue weighted by Gasteiger charge is -2.35. The lowest BCUT2D eigenvalue weighted by atomic mass is 10.0. The van der Waals surface area contributed by atoms with E-state index in [2.05, 4.69) is 39.7 Å². The number of aryl methyl sites for hydroxylation is 1. The molecule has 5 aromatic rings. The van der Waals surface area contributed by atoms with E-state index in [1.165, 1.54) is 0 Å². The van der Waals surface area contributed by atoms with E-state index in [9.17, 15) is 4.79 Å². The number of hydrogen-bond donors (Lipinski definition) is 1. The second kappa shape index (κ2) is 9.59. The molecule has 0 saturated carbocycles. The van der Waals surface area contributed by atoms with E-state index in [0.717, 1.165) is 35.7 Å². The monoisotopic (exact) mass is 493 g/mol. The Morgan fingerprint density at radius 1 is 1.11 bits per heavy atom. The molecule has 186 valence electrons. The Labute approximate surface area is 214 Å². The Morgan fingerprint density at radius 2 is 2.03 bits per heavy atom. The molecular formula is C28H27N7O2. The summed E-state index contributed by atoms with van der Waals surface area (Å²) in [6.07, 6.45) is 5.35. The second-order valence-electron chi connectivity index (χ2n) is 9.21. The van der Waals surface area contributed by atoms with Crippen LogP contribution in [0.3, 0.4) is 0 Å². The van der Waals surface area contributed by atoms with E-state index >= 15 is 0 Å². The van der Waals surface area contributed by atoms with Gasteiger partial charge in [-0.2, -0.15) is 4.68 Å². The van der Waals surface area contributed by atoms with E-state index in [0.29, 0.717) is 40.5 Å². The van der Waals surface area contributed by atoms with Crippen LogP contribution in [0.15, 0.2) is 67.0 Å². The van der Waals surface area contributed by atoms with Crippen LogP contribution in [0, 0.1) is 6.92 Å². The average Bonchev–Trinajstić information content (AvgIpc) is 3.38. The maximum atomic E-state index is 14.3. The summed E-state index contributed by atoms with van der Waals surface area (Å²) >= 11 is 0. The number of carbonyl (C=O) groups is 1. The van der Waals surface area contributed by atoms with Crippen molar-refractivity contribution in [2.75, 3.05) is 25.1 Å². The molecule has 0 aliphatic carbocycles. The SMILES string of the molecule is COc1cc(-n2nnc3cccnc32)ccc1C(=O)N(c1nccc2cccc(C)c12)[C@@H]1CCCNC1.